The highest BCUT2D eigenvalue weighted by Gasteiger charge is 2.10. The van der Waals surface area contributed by atoms with Gasteiger partial charge in [0.05, 0.1) is 13.2 Å². The minimum atomic E-state index is -2.87. The maximum atomic E-state index is 13.0. The van der Waals surface area contributed by atoms with Crippen LogP contribution in [-0.2, 0) is 53.3 Å². The first-order valence-electron chi connectivity index (χ1n) is 16.4. The molecule has 6 rings (SSSR count). The molecule has 0 unspecified atom stereocenters. The van der Waals surface area contributed by atoms with Crippen LogP contribution in [0.1, 0.15) is 33.4 Å². The molecule has 0 bridgehead atoms. The minimum absolute atomic E-state index is 0.0493. The second kappa shape index (κ2) is 18.4. The molecule has 0 saturated carbocycles. The van der Waals surface area contributed by atoms with Gasteiger partial charge in [0.15, 0.2) is 0 Å². The van der Waals surface area contributed by atoms with E-state index in [4.69, 9.17) is 28.0 Å². The van der Waals surface area contributed by atoms with Crippen LogP contribution in [0.5, 0.6) is 23.0 Å². The zero-order valence-electron chi connectivity index (χ0n) is 27.6. The molecule has 0 heterocycles. The van der Waals surface area contributed by atoms with E-state index in [0.717, 1.165) is 33.4 Å². The summed E-state index contributed by atoms with van der Waals surface area (Å²) in [7, 11) is -2.87. The molecule has 254 valence electrons. The fourth-order valence-electron chi connectivity index (χ4n) is 5.05. The Balaban J connectivity index is 1.09. The standard InChI is InChI=1S/C42H39O7P/c43-50(48-31-37-21-39(44-27-33-13-5-1-6-14-33)25-40(22-37)45-28-34-15-7-2-8-16-34)49-32-38-23-41(46-29-35-17-9-3-10-18-35)26-42(24-38)47-30-36-19-11-4-12-20-36/h1-26,50H,27-32H2. The van der Waals surface area contributed by atoms with Gasteiger partial charge < -0.3 is 28.0 Å². The second-order valence-corrected chi connectivity index (χ2v) is 12.6. The van der Waals surface area contributed by atoms with Gasteiger partial charge in [0.25, 0.3) is 0 Å². The van der Waals surface area contributed by atoms with E-state index >= 15 is 0 Å². The topological polar surface area (TPSA) is 72.5 Å². The summed E-state index contributed by atoms with van der Waals surface area (Å²) >= 11 is 0. The molecule has 50 heavy (non-hydrogen) atoms. The largest absolute Gasteiger partial charge is 0.489 e. The summed E-state index contributed by atoms with van der Waals surface area (Å²) in [6.45, 7) is 1.69. The first-order valence-corrected chi connectivity index (χ1v) is 17.6. The fraction of sp³-hybridized carbons (Fsp3) is 0.143. The van der Waals surface area contributed by atoms with Crippen LogP contribution in [0.15, 0.2) is 158 Å². The van der Waals surface area contributed by atoms with Crippen molar-refractivity contribution in [2.75, 3.05) is 0 Å². The number of hydrogen-bond acceptors (Lipinski definition) is 7. The van der Waals surface area contributed by atoms with Gasteiger partial charge >= 0.3 is 8.25 Å². The van der Waals surface area contributed by atoms with Crippen molar-refractivity contribution >= 4 is 8.25 Å². The van der Waals surface area contributed by atoms with Crippen LogP contribution in [0.3, 0.4) is 0 Å². The first kappa shape index (κ1) is 34.5. The highest BCUT2D eigenvalue weighted by molar-refractivity contribution is 7.33. The molecule has 0 spiro atoms. The Bertz CT molecular complexity index is 1660. The Morgan fingerprint density at radius 2 is 0.580 bits per heavy atom. The lowest BCUT2D eigenvalue weighted by molar-refractivity contribution is 0.211. The maximum Gasteiger partial charge on any atom is 0.319 e. The van der Waals surface area contributed by atoms with E-state index < -0.39 is 8.25 Å². The highest BCUT2D eigenvalue weighted by atomic mass is 31.1. The number of benzene rings is 6. The molecule has 0 aromatic heterocycles. The lowest BCUT2D eigenvalue weighted by Crippen LogP contribution is -2.00. The summed E-state index contributed by atoms with van der Waals surface area (Å²) in [4.78, 5) is 0. The van der Waals surface area contributed by atoms with E-state index in [1.165, 1.54) is 0 Å². The van der Waals surface area contributed by atoms with Gasteiger partial charge in [-0.15, -0.1) is 0 Å². The van der Waals surface area contributed by atoms with Crippen LogP contribution in [0, 0.1) is 0 Å². The molecule has 7 nitrogen and oxygen atoms in total. The SMILES string of the molecule is O=[PH](OCc1cc(OCc2ccccc2)cc(OCc2ccccc2)c1)OCc1cc(OCc2ccccc2)cc(OCc2ccccc2)c1. The van der Waals surface area contributed by atoms with E-state index in [9.17, 15) is 4.57 Å². The third kappa shape index (κ3) is 11.4. The van der Waals surface area contributed by atoms with Gasteiger partial charge in [-0.1, -0.05) is 121 Å². The smallest absolute Gasteiger partial charge is 0.319 e. The van der Waals surface area contributed by atoms with E-state index in [2.05, 4.69) is 0 Å². The molecule has 0 aliphatic carbocycles. The maximum absolute atomic E-state index is 13.0. The average molecular weight is 687 g/mol. The van der Waals surface area contributed by atoms with Crippen molar-refractivity contribution < 1.29 is 32.6 Å². The number of ether oxygens (including phenoxy) is 4. The van der Waals surface area contributed by atoms with E-state index in [1.807, 2.05) is 158 Å². The molecule has 6 aromatic carbocycles. The molecule has 0 amide bonds. The highest BCUT2D eigenvalue weighted by Crippen LogP contribution is 2.32. The lowest BCUT2D eigenvalue weighted by Gasteiger charge is -2.14. The summed E-state index contributed by atoms with van der Waals surface area (Å²) in [5.74, 6) is 2.48. The Morgan fingerprint density at radius 1 is 0.320 bits per heavy atom. The number of rotatable bonds is 18. The molecular weight excluding hydrogens is 647 g/mol. The van der Waals surface area contributed by atoms with Gasteiger partial charge in [-0.2, -0.15) is 0 Å². The van der Waals surface area contributed by atoms with Crippen LogP contribution in [0.4, 0.5) is 0 Å². The molecule has 0 fully saturated rings. The molecule has 0 aliphatic rings. The number of hydrogen-bond donors (Lipinski definition) is 0. The van der Waals surface area contributed by atoms with Gasteiger partial charge in [-0.3, -0.25) is 4.57 Å². The Kier molecular flexibility index (Phi) is 12.7. The Labute approximate surface area is 293 Å². The van der Waals surface area contributed by atoms with Crippen molar-refractivity contribution in [3.05, 3.63) is 191 Å². The third-order valence-electron chi connectivity index (χ3n) is 7.59. The molecule has 0 radical (unpaired) electrons. The fourth-order valence-corrected chi connectivity index (χ4v) is 5.70. The van der Waals surface area contributed by atoms with Crippen molar-refractivity contribution in [2.45, 2.75) is 39.6 Å². The van der Waals surface area contributed by atoms with Crippen LogP contribution in [-0.4, -0.2) is 0 Å². The van der Waals surface area contributed by atoms with Crippen molar-refractivity contribution in [1.82, 2.24) is 0 Å². The van der Waals surface area contributed by atoms with Gasteiger partial charge in [0.1, 0.15) is 49.4 Å². The average Bonchev–Trinajstić information content (AvgIpc) is 3.17. The molecule has 0 saturated heterocycles. The van der Waals surface area contributed by atoms with Gasteiger partial charge in [0.2, 0.25) is 0 Å². The van der Waals surface area contributed by atoms with Crippen molar-refractivity contribution in [3.63, 3.8) is 0 Å². The second-order valence-electron chi connectivity index (χ2n) is 11.5. The minimum Gasteiger partial charge on any atom is -0.489 e. The first-order chi connectivity index (χ1) is 24.6. The van der Waals surface area contributed by atoms with Gasteiger partial charge in [-0.05, 0) is 57.6 Å². The Morgan fingerprint density at radius 3 is 0.840 bits per heavy atom. The van der Waals surface area contributed by atoms with E-state index in [-0.39, 0.29) is 13.2 Å². The zero-order valence-corrected chi connectivity index (χ0v) is 28.6. The summed E-state index contributed by atoms with van der Waals surface area (Å²) in [6.07, 6.45) is 0. The zero-order chi connectivity index (χ0) is 34.2. The van der Waals surface area contributed by atoms with Gasteiger partial charge in [-0.25, -0.2) is 0 Å². The van der Waals surface area contributed by atoms with Crippen LogP contribution in [0.25, 0.3) is 0 Å². The van der Waals surface area contributed by atoms with Crippen LogP contribution >= 0.6 is 8.25 Å². The summed E-state index contributed by atoms with van der Waals surface area (Å²) < 4.78 is 48.8. The molecular formula is C42H39O7P. The summed E-state index contributed by atoms with van der Waals surface area (Å²) in [5.41, 5.74) is 5.66. The van der Waals surface area contributed by atoms with Crippen LogP contribution < -0.4 is 18.9 Å². The van der Waals surface area contributed by atoms with E-state index in [0.29, 0.717) is 49.4 Å². The Hall–Kier alpha value is -5.33. The van der Waals surface area contributed by atoms with Gasteiger partial charge in [0, 0.05) is 12.1 Å². The molecule has 0 aliphatic heterocycles. The normalized spacial score (nSPS) is 10.9. The molecule has 8 heteroatoms. The van der Waals surface area contributed by atoms with Crippen molar-refractivity contribution in [1.29, 1.82) is 0 Å². The van der Waals surface area contributed by atoms with Crippen molar-refractivity contribution in [2.24, 2.45) is 0 Å². The molecule has 0 atom stereocenters. The monoisotopic (exact) mass is 686 g/mol. The van der Waals surface area contributed by atoms with Crippen LogP contribution in [0.2, 0.25) is 0 Å². The molecule has 6 aromatic rings. The predicted octanol–water partition coefficient (Wildman–Crippen LogP) is 10.1. The predicted molar refractivity (Wildman–Crippen MR) is 195 cm³/mol. The summed E-state index contributed by atoms with van der Waals surface area (Å²) in [5, 5.41) is 0. The third-order valence-corrected chi connectivity index (χ3v) is 8.35. The lowest BCUT2D eigenvalue weighted by atomic mass is 10.2. The summed E-state index contributed by atoms with van der Waals surface area (Å²) in [6, 6.07) is 50.8. The molecule has 0 N–H and O–H groups in total. The van der Waals surface area contributed by atoms with Crippen molar-refractivity contribution in [3.8, 4) is 23.0 Å². The van der Waals surface area contributed by atoms with E-state index in [1.54, 1.807) is 0 Å². The quantitative estimate of drug-likeness (QED) is 0.0834.